The molecule has 2 saturated heterocycles. The molecule has 2 aliphatic rings. The average Bonchev–Trinajstić information content (AvgIpc) is 3.08. The Kier molecular flexibility index (Phi) is 5.34. The highest BCUT2D eigenvalue weighted by Gasteiger charge is 2.43. The molecule has 2 fully saturated rings. The Morgan fingerprint density at radius 1 is 1.08 bits per heavy atom. The van der Waals surface area contributed by atoms with Crippen molar-refractivity contribution in [3.8, 4) is 0 Å². The van der Waals surface area contributed by atoms with E-state index in [1.54, 1.807) is 0 Å². The van der Waals surface area contributed by atoms with Crippen molar-refractivity contribution in [3.05, 3.63) is 65.5 Å². The van der Waals surface area contributed by atoms with Crippen LogP contribution in [0, 0.1) is 6.92 Å². The van der Waals surface area contributed by atoms with Crippen molar-refractivity contribution in [2.45, 2.75) is 51.0 Å². The number of benzene rings is 1. The number of hydrogen-bond acceptors (Lipinski definition) is 4. The number of hydrogen-bond donors (Lipinski definition) is 0. The number of aromatic nitrogens is 1. The zero-order chi connectivity index (χ0) is 17.8. The van der Waals surface area contributed by atoms with Crippen LogP contribution in [0.4, 0.5) is 0 Å². The molecular weight excluding hydrogens is 324 g/mol. The summed E-state index contributed by atoms with van der Waals surface area (Å²) in [7, 11) is 0. The summed E-state index contributed by atoms with van der Waals surface area (Å²) in [6, 6.07) is 12.9. The molecule has 1 aromatic heterocycles. The van der Waals surface area contributed by atoms with Gasteiger partial charge in [-0.2, -0.15) is 0 Å². The Morgan fingerprint density at radius 3 is 2.54 bits per heavy atom. The zero-order valence-corrected chi connectivity index (χ0v) is 15.6. The Morgan fingerprint density at radius 2 is 1.81 bits per heavy atom. The summed E-state index contributed by atoms with van der Waals surface area (Å²) in [4.78, 5) is 6.60. The van der Waals surface area contributed by atoms with E-state index in [4.69, 9.17) is 9.47 Å². The molecular formula is C22H28N2O2. The second-order valence-corrected chi connectivity index (χ2v) is 7.75. The van der Waals surface area contributed by atoms with E-state index >= 15 is 0 Å². The smallest absolute Gasteiger partial charge is 0.0840 e. The molecule has 26 heavy (non-hydrogen) atoms. The van der Waals surface area contributed by atoms with E-state index in [9.17, 15) is 0 Å². The molecule has 4 heteroatoms. The van der Waals surface area contributed by atoms with Gasteiger partial charge in [0.1, 0.15) is 0 Å². The Bertz CT molecular complexity index is 694. The van der Waals surface area contributed by atoms with Crippen LogP contribution in [0.2, 0.25) is 0 Å². The Balaban J connectivity index is 1.24. The number of pyridine rings is 1. The molecule has 4 rings (SSSR count). The first-order valence-corrected chi connectivity index (χ1v) is 9.63. The van der Waals surface area contributed by atoms with Crippen molar-refractivity contribution in [3.63, 3.8) is 0 Å². The lowest BCUT2D eigenvalue weighted by atomic mass is 9.88. The van der Waals surface area contributed by atoms with Crippen LogP contribution in [0.15, 0.2) is 48.8 Å². The van der Waals surface area contributed by atoms with Crippen LogP contribution in [0.3, 0.4) is 0 Å². The monoisotopic (exact) mass is 352 g/mol. The van der Waals surface area contributed by atoms with Gasteiger partial charge in [-0.15, -0.1) is 0 Å². The van der Waals surface area contributed by atoms with Crippen molar-refractivity contribution >= 4 is 0 Å². The third-order valence-electron chi connectivity index (χ3n) is 5.70. The van der Waals surface area contributed by atoms with Gasteiger partial charge in [0.05, 0.1) is 24.9 Å². The normalized spacial score (nSPS) is 22.7. The molecule has 3 heterocycles. The first-order valence-electron chi connectivity index (χ1n) is 9.63. The van der Waals surface area contributed by atoms with Crippen molar-refractivity contribution in [1.82, 2.24) is 9.88 Å². The largest absolute Gasteiger partial charge is 0.372 e. The summed E-state index contributed by atoms with van der Waals surface area (Å²) in [6.45, 7) is 6.75. The van der Waals surface area contributed by atoms with Gasteiger partial charge in [0.15, 0.2) is 0 Å². The van der Waals surface area contributed by atoms with Gasteiger partial charge in [-0.25, -0.2) is 0 Å². The molecule has 1 atom stereocenters. The summed E-state index contributed by atoms with van der Waals surface area (Å²) < 4.78 is 12.3. The highest BCUT2D eigenvalue weighted by Crippen LogP contribution is 2.37. The van der Waals surface area contributed by atoms with Gasteiger partial charge in [0.2, 0.25) is 0 Å². The van der Waals surface area contributed by atoms with E-state index < -0.39 is 0 Å². The van der Waals surface area contributed by atoms with Crippen LogP contribution in [-0.4, -0.2) is 41.3 Å². The van der Waals surface area contributed by atoms with E-state index in [0.29, 0.717) is 6.61 Å². The molecule has 0 bridgehead atoms. The number of rotatable bonds is 5. The quantitative estimate of drug-likeness (QED) is 0.821. The van der Waals surface area contributed by atoms with Gasteiger partial charge < -0.3 is 9.47 Å². The van der Waals surface area contributed by atoms with Gasteiger partial charge in [-0.05, 0) is 43.0 Å². The van der Waals surface area contributed by atoms with Gasteiger partial charge in [0.25, 0.3) is 0 Å². The fourth-order valence-corrected chi connectivity index (χ4v) is 4.02. The minimum Gasteiger partial charge on any atom is -0.372 e. The maximum absolute atomic E-state index is 6.23. The highest BCUT2D eigenvalue weighted by molar-refractivity contribution is 5.21. The molecule has 4 nitrogen and oxygen atoms in total. The number of nitrogens with zero attached hydrogens (tertiary/aromatic N) is 2. The average molecular weight is 352 g/mol. The second kappa shape index (κ2) is 7.87. The van der Waals surface area contributed by atoms with Gasteiger partial charge in [-0.1, -0.05) is 29.8 Å². The van der Waals surface area contributed by atoms with Crippen LogP contribution >= 0.6 is 0 Å². The van der Waals surface area contributed by atoms with Crippen LogP contribution in [0.25, 0.3) is 0 Å². The fraction of sp³-hybridized carbons (Fsp3) is 0.500. The van der Waals surface area contributed by atoms with Crippen LogP contribution in [0.1, 0.15) is 36.0 Å². The number of aryl methyl sites for hydroxylation is 1. The number of ether oxygens (including phenoxy) is 2. The highest BCUT2D eigenvalue weighted by atomic mass is 16.6. The third kappa shape index (κ3) is 4.32. The maximum atomic E-state index is 6.23. The van der Waals surface area contributed by atoms with Crippen LogP contribution in [-0.2, 0) is 22.6 Å². The lowest BCUT2D eigenvalue weighted by molar-refractivity contribution is -0.0468. The van der Waals surface area contributed by atoms with Crippen molar-refractivity contribution in [2.24, 2.45) is 0 Å². The summed E-state index contributed by atoms with van der Waals surface area (Å²) in [5.74, 6) is 0. The minimum absolute atomic E-state index is 0.0344. The zero-order valence-electron chi connectivity index (χ0n) is 15.6. The molecule has 0 amide bonds. The summed E-state index contributed by atoms with van der Waals surface area (Å²) in [5, 5.41) is 0. The van der Waals surface area contributed by atoms with Gasteiger partial charge in [0, 0.05) is 38.4 Å². The van der Waals surface area contributed by atoms with Crippen molar-refractivity contribution in [2.75, 3.05) is 19.7 Å². The van der Waals surface area contributed by atoms with Crippen LogP contribution < -0.4 is 0 Å². The fourth-order valence-electron chi connectivity index (χ4n) is 4.02. The number of likely N-dealkylation sites (tertiary alicyclic amines) is 1. The molecule has 1 spiro atoms. The predicted molar refractivity (Wildman–Crippen MR) is 102 cm³/mol. The molecule has 0 saturated carbocycles. The van der Waals surface area contributed by atoms with Gasteiger partial charge in [-0.3, -0.25) is 9.88 Å². The third-order valence-corrected chi connectivity index (χ3v) is 5.70. The summed E-state index contributed by atoms with van der Waals surface area (Å²) in [6.07, 6.45) is 7.08. The van der Waals surface area contributed by atoms with E-state index in [-0.39, 0.29) is 11.7 Å². The molecule has 2 aromatic rings. The first-order chi connectivity index (χ1) is 12.7. The Labute approximate surface area is 156 Å². The predicted octanol–water partition coefficient (Wildman–Crippen LogP) is 3.73. The summed E-state index contributed by atoms with van der Waals surface area (Å²) in [5.41, 5.74) is 3.93. The molecule has 138 valence electrons. The lowest BCUT2D eigenvalue weighted by Crippen LogP contribution is -2.43. The molecule has 1 unspecified atom stereocenters. The molecule has 1 aromatic carbocycles. The maximum Gasteiger partial charge on any atom is 0.0840 e. The van der Waals surface area contributed by atoms with Gasteiger partial charge >= 0.3 is 0 Å². The topological polar surface area (TPSA) is 34.6 Å². The van der Waals surface area contributed by atoms with Crippen molar-refractivity contribution < 1.29 is 9.47 Å². The van der Waals surface area contributed by atoms with Crippen molar-refractivity contribution in [1.29, 1.82) is 0 Å². The standard InChI is InChI=1S/C22H28N2O2/c1-18-2-4-19(5-3-18)15-24-12-8-22(9-13-24)14-21(17-26-22)25-16-20-6-10-23-11-7-20/h2-7,10-11,21H,8-9,12-17H2,1H3. The summed E-state index contributed by atoms with van der Waals surface area (Å²) >= 11 is 0. The second-order valence-electron chi connectivity index (χ2n) is 7.75. The molecule has 0 N–H and O–H groups in total. The molecule has 0 radical (unpaired) electrons. The van der Waals surface area contributed by atoms with E-state index in [0.717, 1.165) is 45.5 Å². The van der Waals surface area contributed by atoms with Crippen LogP contribution in [0.5, 0.6) is 0 Å². The van der Waals surface area contributed by atoms with E-state index in [1.807, 2.05) is 24.5 Å². The lowest BCUT2D eigenvalue weighted by Gasteiger charge is -2.38. The molecule has 0 aliphatic carbocycles. The minimum atomic E-state index is 0.0344. The number of piperidine rings is 1. The molecule has 2 aliphatic heterocycles. The SMILES string of the molecule is Cc1ccc(CN2CCC3(CC2)CC(OCc2ccncc2)CO3)cc1. The van der Waals surface area contributed by atoms with E-state index in [1.165, 1.54) is 16.7 Å². The van der Waals surface area contributed by atoms with E-state index in [2.05, 4.69) is 41.1 Å². The first kappa shape index (κ1) is 17.7. The Hall–Kier alpha value is -1.75.